The van der Waals surface area contributed by atoms with E-state index < -0.39 is 0 Å². The maximum Gasteiger partial charge on any atom is 0.00363 e. The molecule has 2 N–H and O–H groups in total. The van der Waals surface area contributed by atoms with Crippen molar-refractivity contribution < 1.29 is 0 Å². The highest BCUT2D eigenvalue weighted by Gasteiger charge is 2.01. The number of aryl methyl sites for hydroxylation is 3. The van der Waals surface area contributed by atoms with Crippen molar-refractivity contribution in [1.82, 2.24) is 0 Å². The van der Waals surface area contributed by atoms with Gasteiger partial charge in [-0.05, 0) is 50.7 Å². The van der Waals surface area contributed by atoms with Crippen molar-refractivity contribution in [1.29, 1.82) is 0 Å². The molecule has 0 fully saturated rings. The lowest BCUT2D eigenvalue weighted by atomic mass is 9.99. The van der Waals surface area contributed by atoms with Gasteiger partial charge < -0.3 is 5.73 Å². The minimum atomic E-state index is 0.385. The van der Waals surface area contributed by atoms with Gasteiger partial charge in [0.15, 0.2) is 0 Å². The second-order valence-corrected chi connectivity index (χ2v) is 4.49. The Balaban J connectivity index is 2.44. The fourth-order valence-electron chi connectivity index (χ4n) is 1.89. The van der Waals surface area contributed by atoms with Gasteiger partial charge in [0.1, 0.15) is 0 Å². The van der Waals surface area contributed by atoms with Crippen molar-refractivity contribution in [2.75, 3.05) is 0 Å². The Labute approximate surface area is 93.7 Å². The maximum atomic E-state index is 5.90. The fourth-order valence-corrected chi connectivity index (χ4v) is 1.89. The molecular weight excluding hydrogens is 182 g/mol. The van der Waals surface area contributed by atoms with Crippen LogP contribution >= 0.6 is 0 Å². The number of hydrogen-bond acceptors (Lipinski definition) is 1. The van der Waals surface area contributed by atoms with Gasteiger partial charge in [0.05, 0.1) is 0 Å². The molecule has 0 aliphatic carbocycles. The molecule has 15 heavy (non-hydrogen) atoms. The minimum Gasteiger partial charge on any atom is -0.328 e. The first kappa shape index (κ1) is 12.3. The zero-order valence-electron chi connectivity index (χ0n) is 10.2. The molecule has 0 radical (unpaired) electrons. The zero-order valence-corrected chi connectivity index (χ0v) is 10.2. The summed E-state index contributed by atoms with van der Waals surface area (Å²) in [6, 6.07) is 7.09. The van der Waals surface area contributed by atoms with E-state index in [9.17, 15) is 0 Å². The van der Waals surface area contributed by atoms with Crippen molar-refractivity contribution in [2.24, 2.45) is 5.73 Å². The minimum absolute atomic E-state index is 0.385. The first-order valence-corrected chi connectivity index (χ1v) is 5.95. The van der Waals surface area contributed by atoms with E-state index in [-0.39, 0.29) is 0 Å². The van der Waals surface area contributed by atoms with Crippen LogP contribution in [0.25, 0.3) is 0 Å². The van der Waals surface area contributed by atoms with Crippen molar-refractivity contribution >= 4 is 0 Å². The van der Waals surface area contributed by atoms with Crippen LogP contribution in [-0.2, 0) is 6.42 Å². The molecule has 0 saturated carbocycles. The molecule has 1 aromatic carbocycles. The number of hydrogen-bond donors (Lipinski definition) is 1. The van der Waals surface area contributed by atoms with Crippen LogP contribution in [0.4, 0.5) is 0 Å². The molecule has 0 aliphatic rings. The Hall–Kier alpha value is -0.820. The predicted molar refractivity (Wildman–Crippen MR) is 67.1 cm³/mol. The summed E-state index contributed by atoms with van der Waals surface area (Å²) < 4.78 is 0. The Morgan fingerprint density at radius 2 is 2.00 bits per heavy atom. The van der Waals surface area contributed by atoms with E-state index in [0.717, 1.165) is 12.8 Å². The van der Waals surface area contributed by atoms with Crippen LogP contribution in [0, 0.1) is 13.8 Å². The second-order valence-electron chi connectivity index (χ2n) is 4.49. The van der Waals surface area contributed by atoms with Gasteiger partial charge in [-0.25, -0.2) is 0 Å². The largest absolute Gasteiger partial charge is 0.328 e. The van der Waals surface area contributed by atoms with Gasteiger partial charge in [-0.1, -0.05) is 30.7 Å². The lowest BCUT2D eigenvalue weighted by Gasteiger charge is -2.10. The molecule has 1 aromatic rings. The molecule has 0 aromatic heterocycles. The van der Waals surface area contributed by atoms with Gasteiger partial charge in [0.2, 0.25) is 0 Å². The van der Waals surface area contributed by atoms with Crippen molar-refractivity contribution in [2.45, 2.75) is 52.5 Å². The molecule has 1 atom stereocenters. The van der Waals surface area contributed by atoms with E-state index in [1.54, 1.807) is 0 Å². The fraction of sp³-hybridized carbons (Fsp3) is 0.571. The SMILES string of the molecule is CCC(N)CCCc1ccc(C)cc1C. The summed E-state index contributed by atoms with van der Waals surface area (Å²) in [6.07, 6.45) is 4.61. The zero-order chi connectivity index (χ0) is 11.3. The molecule has 0 spiro atoms. The summed E-state index contributed by atoms with van der Waals surface area (Å²) in [5.74, 6) is 0. The molecular formula is C14H23N. The summed E-state index contributed by atoms with van der Waals surface area (Å²) in [5, 5.41) is 0. The first-order valence-electron chi connectivity index (χ1n) is 5.95. The first-order chi connectivity index (χ1) is 7.13. The lowest BCUT2D eigenvalue weighted by molar-refractivity contribution is 0.567. The summed E-state index contributed by atoms with van der Waals surface area (Å²) in [6.45, 7) is 6.49. The summed E-state index contributed by atoms with van der Waals surface area (Å²) in [5.41, 5.74) is 10.1. The molecule has 1 unspecified atom stereocenters. The summed E-state index contributed by atoms with van der Waals surface area (Å²) in [7, 11) is 0. The summed E-state index contributed by atoms with van der Waals surface area (Å²) in [4.78, 5) is 0. The third-order valence-corrected chi connectivity index (χ3v) is 3.04. The average Bonchev–Trinajstić information content (AvgIpc) is 2.21. The third kappa shape index (κ3) is 4.05. The van der Waals surface area contributed by atoms with Crippen LogP contribution in [0.2, 0.25) is 0 Å². The Kier molecular flexibility index (Phi) is 4.83. The van der Waals surface area contributed by atoms with Crippen molar-refractivity contribution in [3.05, 3.63) is 34.9 Å². The molecule has 1 nitrogen and oxygen atoms in total. The van der Waals surface area contributed by atoms with Crippen molar-refractivity contribution in [3.63, 3.8) is 0 Å². The average molecular weight is 205 g/mol. The monoisotopic (exact) mass is 205 g/mol. The smallest absolute Gasteiger partial charge is 0.00363 e. The molecule has 84 valence electrons. The van der Waals surface area contributed by atoms with Gasteiger partial charge in [-0.3, -0.25) is 0 Å². The Morgan fingerprint density at radius 1 is 1.27 bits per heavy atom. The van der Waals surface area contributed by atoms with Crippen LogP contribution in [0.5, 0.6) is 0 Å². The molecule has 0 heterocycles. The van der Waals surface area contributed by atoms with Gasteiger partial charge in [-0.15, -0.1) is 0 Å². The summed E-state index contributed by atoms with van der Waals surface area (Å²) >= 11 is 0. The van der Waals surface area contributed by atoms with Gasteiger partial charge in [-0.2, -0.15) is 0 Å². The van der Waals surface area contributed by atoms with E-state index in [1.165, 1.54) is 29.5 Å². The van der Waals surface area contributed by atoms with E-state index in [4.69, 9.17) is 5.73 Å². The van der Waals surface area contributed by atoms with Gasteiger partial charge >= 0.3 is 0 Å². The Morgan fingerprint density at radius 3 is 2.60 bits per heavy atom. The second kappa shape index (κ2) is 5.92. The molecule has 0 aliphatic heterocycles. The van der Waals surface area contributed by atoms with E-state index in [1.807, 2.05) is 0 Å². The lowest BCUT2D eigenvalue weighted by Crippen LogP contribution is -2.18. The molecule has 1 heteroatoms. The van der Waals surface area contributed by atoms with Crippen LogP contribution in [0.1, 0.15) is 42.9 Å². The van der Waals surface area contributed by atoms with Crippen LogP contribution in [-0.4, -0.2) is 6.04 Å². The predicted octanol–water partition coefficient (Wildman–Crippen LogP) is 3.36. The normalized spacial score (nSPS) is 12.8. The Bertz CT molecular complexity index is 304. The molecule has 0 saturated heterocycles. The van der Waals surface area contributed by atoms with Crippen LogP contribution in [0.3, 0.4) is 0 Å². The third-order valence-electron chi connectivity index (χ3n) is 3.04. The standard InChI is InChI=1S/C14H23N/c1-4-14(15)7-5-6-13-9-8-11(2)10-12(13)3/h8-10,14H,4-7,15H2,1-3H3. The highest BCUT2D eigenvalue weighted by atomic mass is 14.6. The van der Waals surface area contributed by atoms with E-state index >= 15 is 0 Å². The topological polar surface area (TPSA) is 26.0 Å². The number of rotatable bonds is 5. The molecule has 0 amide bonds. The number of benzene rings is 1. The highest BCUT2D eigenvalue weighted by Crippen LogP contribution is 2.14. The highest BCUT2D eigenvalue weighted by molar-refractivity contribution is 5.30. The van der Waals surface area contributed by atoms with Crippen LogP contribution in [0.15, 0.2) is 18.2 Å². The van der Waals surface area contributed by atoms with E-state index in [0.29, 0.717) is 6.04 Å². The van der Waals surface area contributed by atoms with Crippen LogP contribution < -0.4 is 5.73 Å². The van der Waals surface area contributed by atoms with Gasteiger partial charge in [0, 0.05) is 6.04 Å². The van der Waals surface area contributed by atoms with E-state index in [2.05, 4.69) is 39.0 Å². The quantitative estimate of drug-likeness (QED) is 0.783. The number of nitrogens with two attached hydrogens (primary N) is 1. The van der Waals surface area contributed by atoms with Gasteiger partial charge in [0.25, 0.3) is 0 Å². The molecule has 1 rings (SSSR count). The van der Waals surface area contributed by atoms with Crippen molar-refractivity contribution in [3.8, 4) is 0 Å². The molecule has 0 bridgehead atoms. The maximum absolute atomic E-state index is 5.90.